The first-order valence-corrected chi connectivity index (χ1v) is 12.9. The zero-order valence-corrected chi connectivity index (χ0v) is 21.5. The van der Waals surface area contributed by atoms with Gasteiger partial charge in [-0.3, -0.25) is 0 Å². The van der Waals surface area contributed by atoms with Crippen molar-refractivity contribution in [1.82, 2.24) is 25.1 Å². The molecule has 3 heterocycles. The highest BCUT2D eigenvalue weighted by atomic mass is 16.6. The smallest absolute Gasteiger partial charge is 0.408 e. The fraction of sp³-hybridized carbons (Fsp3) is 0.379. The van der Waals surface area contributed by atoms with Crippen LogP contribution in [0.5, 0.6) is 0 Å². The molecule has 1 aliphatic heterocycles. The maximum absolute atomic E-state index is 12.8. The third kappa shape index (κ3) is 4.30. The molecular formula is C29H32N6O2. The molecule has 8 heteroatoms. The molecule has 37 heavy (non-hydrogen) atoms. The van der Waals surface area contributed by atoms with Crippen molar-refractivity contribution >= 4 is 22.9 Å². The van der Waals surface area contributed by atoms with Gasteiger partial charge in [0.05, 0.1) is 23.3 Å². The first kappa shape index (κ1) is 23.5. The SMILES string of the molecule is CC(C)(C)OC(=O)N[C@@H]1c2ccccc2CC12CCN(c1ncnc3c1cnn3-c1ccccc1)CC2. The highest BCUT2D eigenvalue weighted by Gasteiger charge is 2.49. The lowest BCUT2D eigenvalue weighted by molar-refractivity contribution is 0.0428. The average Bonchev–Trinajstić information content (AvgIpc) is 3.44. The summed E-state index contributed by atoms with van der Waals surface area (Å²) in [6, 6.07) is 18.4. The first-order valence-electron chi connectivity index (χ1n) is 12.9. The second-order valence-corrected chi connectivity index (χ2v) is 11.1. The number of para-hydroxylation sites is 1. The highest BCUT2D eigenvalue weighted by Crippen LogP contribution is 2.52. The molecule has 1 spiro atoms. The van der Waals surface area contributed by atoms with E-state index in [4.69, 9.17) is 4.74 Å². The normalized spacial score (nSPS) is 18.7. The van der Waals surface area contributed by atoms with Crippen LogP contribution in [-0.2, 0) is 11.2 Å². The summed E-state index contributed by atoms with van der Waals surface area (Å²) in [5, 5.41) is 8.80. The Bertz CT molecular complexity index is 1430. The molecule has 1 amide bonds. The van der Waals surface area contributed by atoms with Gasteiger partial charge in [-0.25, -0.2) is 19.4 Å². The molecular weight excluding hydrogens is 464 g/mol. The number of amides is 1. The van der Waals surface area contributed by atoms with Crippen LogP contribution in [0.2, 0.25) is 0 Å². The average molecular weight is 497 g/mol. The summed E-state index contributed by atoms with van der Waals surface area (Å²) in [7, 11) is 0. The number of carbonyl (C=O) groups is 1. The maximum atomic E-state index is 12.8. The van der Waals surface area contributed by atoms with Crippen LogP contribution in [0.25, 0.3) is 16.7 Å². The number of hydrogen-bond acceptors (Lipinski definition) is 6. The van der Waals surface area contributed by atoms with Gasteiger partial charge in [-0.05, 0) is 63.3 Å². The van der Waals surface area contributed by atoms with Crippen LogP contribution in [0.3, 0.4) is 0 Å². The predicted octanol–water partition coefficient (Wildman–Crippen LogP) is 5.22. The van der Waals surface area contributed by atoms with Gasteiger partial charge in [-0.2, -0.15) is 5.10 Å². The van der Waals surface area contributed by atoms with Gasteiger partial charge < -0.3 is 15.0 Å². The van der Waals surface area contributed by atoms with Gasteiger partial charge in [0.25, 0.3) is 0 Å². The highest BCUT2D eigenvalue weighted by molar-refractivity contribution is 5.87. The Kier molecular flexibility index (Phi) is 5.62. The van der Waals surface area contributed by atoms with Gasteiger partial charge in [0, 0.05) is 18.5 Å². The van der Waals surface area contributed by atoms with Crippen molar-refractivity contribution in [2.45, 2.75) is 51.7 Å². The second kappa shape index (κ2) is 8.87. The van der Waals surface area contributed by atoms with E-state index in [-0.39, 0.29) is 17.6 Å². The minimum atomic E-state index is -0.540. The van der Waals surface area contributed by atoms with E-state index in [2.05, 4.69) is 49.5 Å². The van der Waals surface area contributed by atoms with Crippen LogP contribution in [0.15, 0.2) is 67.1 Å². The molecule has 1 atom stereocenters. The van der Waals surface area contributed by atoms with Crippen LogP contribution in [-0.4, -0.2) is 44.5 Å². The lowest BCUT2D eigenvalue weighted by Crippen LogP contribution is -2.48. The number of benzene rings is 2. The lowest BCUT2D eigenvalue weighted by atomic mass is 9.72. The topological polar surface area (TPSA) is 85.2 Å². The quantitative estimate of drug-likeness (QED) is 0.418. The number of nitrogens with zero attached hydrogens (tertiary/aromatic N) is 5. The molecule has 2 aromatic heterocycles. The molecule has 0 saturated carbocycles. The summed E-state index contributed by atoms with van der Waals surface area (Å²) < 4.78 is 7.50. The van der Waals surface area contributed by atoms with E-state index in [1.165, 1.54) is 11.1 Å². The summed E-state index contributed by atoms with van der Waals surface area (Å²) in [4.78, 5) is 24.4. The Labute approximate surface area is 216 Å². The number of aromatic nitrogens is 4. The van der Waals surface area contributed by atoms with Crippen molar-refractivity contribution in [3.8, 4) is 5.69 Å². The van der Waals surface area contributed by atoms with Gasteiger partial charge in [-0.1, -0.05) is 42.5 Å². The molecule has 1 saturated heterocycles. The number of anilines is 1. The second-order valence-electron chi connectivity index (χ2n) is 11.1. The van der Waals surface area contributed by atoms with Crippen molar-refractivity contribution < 1.29 is 9.53 Å². The molecule has 1 N–H and O–H groups in total. The molecule has 1 fully saturated rings. The van der Waals surface area contributed by atoms with Crippen LogP contribution < -0.4 is 10.2 Å². The Morgan fingerprint density at radius 1 is 1.03 bits per heavy atom. The third-order valence-electron chi connectivity index (χ3n) is 7.59. The number of nitrogens with one attached hydrogen (secondary N) is 1. The van der Waals surface area contributed by atoms with Crippen molar-refractivity contribution in [2.75, 3.05) is 18.0 Å². The molecule has 2 aliphatic rings. The van der Waals surface area contributed by atoms with Gasteiger partial charge in [0.1, 0.15) is 17.7 Å². The predicted molar refractivity (Wildman–Crippen MR) is 143 cm³/mol. The van der Waals surface area contributed by atoms with Crippen LogP contribution in [0, 0.1) is 5.41 Å². The maximum Gasteiger partial charge on any atom is 0.408 e. The number of hydrogen-bond donors (Lipinski definition) is 1. The molecule has 2 aromatic carbocycles. The number of rotatable bonds is 3. The molecule has 190 valence electrons. The van der Waals surface area contributed by atoms with Crippen molar-refractivity contribution in [3.63, 3.8) is 0 Å². The lowest BCUT2D eigenvalue weighted by Gasteiger charge is -2.44. The minimum absolute atomic E-state index is 0.0581. The Morgan fingerprint density at radius 3 is 2.51 bits per heavy atom. The van der Waals surface area contributed by atoms with E-state index in [1.807, 2.05) is 62.0 Å². The zero-order chi connectivity index (χ0) is 25.6. The Balaban J connectivity index is 1.26. The fourth-order valence-electron chi connectivity index (χ4n) is 5.92. The fourth-order valence-corrected chi connectivity index (χ4v) is 5.92. The third-order valence-corrected chi connectivity index (χ3v) is 7.59. The summed E-state index contributed by atoms with van der Waals surface area (Å²) in [6.07, 6.45) is 5.94. The number of ether oxygens (including phenoxy) is 1. The van der Waals surface area contributed by atoms with E-state index in [0.29, 0.717) is 0 Å². The van der Waals surface area contributed by atoms with E-state index in [1.54, 1.807) is 6.33 Å². The minimum Gasteiger partial charge on any atom is -0.444 e. The monoisotopic (exact) mass is 496 g/mol. The number of piperidine rings is 1. The summed E-state index contributed by atoms with van der Waals surface area (Å²) >= 11 is 0. The number of carbonyl (C=O) groups excluding carboxylic acids is 1. The summed E-state index contributed by atoms with van der Waals surface area (Å²) in [6.45, 7) is 7.36. The molecule has 4 aromatic rings. The van der Waals surface area contributed by atoms with E-state index in [9.17, 15) is 4.79 Å². The Hall–Kier alpha value is -3.94. The van der Waals surface area contributed by atoms with Crippen molar-refractivity contribution in [2.24, 2.45) is 5.41 Å². The molecule has 6 rings (SSSR count). The molecule has 8 nitrogen and oxygen atoms in total. The Morgan fingerprint density at radius 2 is 1.76 bits per heavy atom. The van der Waals surface area contributed by atoms with Gasteiger partial charge in [0.2, 0.25) is 0 Å². The summed E-state index contributed by atoms with van der Waals surface area (Å²) in [5.41, 5.74) is 3.69. The van der Waals surface area contributed by atoms with Crippen LogP contribution in [0.1, 0.15) is 50.8 Å². The van der Waals surface area contributed by atoms with Crippen LogP contribution >= 0.6 is 0 Å². The number of alkyl carbamates (subject to hydrolysis) is 1. The molecule has 1 aliphatic carbocycles. The van der Waals surface area contributed by atoms with Crippen LogP contribution in [0.4, 0.5) is 10.6 Å². The van der Waals surface area contributed by atoms with Gasteiger partial charge >= 0.3 is 6.09 Å². The van der Waals surface area contributed by atoms with Gasteiger partial charge in [0.15, 0.2) is 5.65 Å². The van der Waals surface area contributed by atoms with E-state index < -0.39 is 5.60 Å². The first-order chi connectivity index (χ1) is 17.8. The number of fused-ring (bicyclic) bond motifs is 2. The molecule has 0 unspecified atom stereocenters. The largest absolute Gasteiger partial charge is 0.444 e. The zero-order valence-electron chi connectivity index (χ0n) is 21.5. The molecule has 0 bridgehead atoms. The molecule has 0 radical (unpaired) electrons. The van der Waals surface area contributed by atoms with E-state index >= 15 is 0 Å². The van der Waals surface area contributed by atoms with Crippen molar-refractivity contribution in [1.29, 1.82) is 0 Å². The standard InChI is InChI=1S/C29H32N6O2/c1-28(2,3)37-27(36)33-24-22-12-8-7-9-20(22)17-29(24)13-15-34(16-14-29)25-23-18-32-35(26(23)31-19-30-25)21-10-5-4-6-11-21/h4-12,18-19,24H,13-17H2,1-3H3,(H,33,36)/t24-/m1/s1. The van der Waals surface area contributed by atoms with E-state index in [0.717, 1.165) is 54.9 Å². The van der Waals surface area contributed by atoms with Crippen molar-refractivity contribution in [3.05, 3.63) is 78.2 Å². The summed E-state index contributed by atoms with van der Waals surface area (Å²) in [5.74, 6) is 0.911. The van der Waals surface area contributed by atoms with Gasteiger partial charge in [-0.15, -0.1) is 0 Å².